The molecule has 0 spiro atoms. The molecule has 0 radical (unpaired) electrons. The van der Waals surface area contributed by atoms with Crippen molar-refractivity contribution in [2.24, 2.45) is 11.7 Å². The molecule has 6 heteroatoms. The van der Waals surface area contributed by atoms with E-state index in [0.29, 0.717) is 23.8 Å². The van der Waals surface area contributed by atoms with Crippen molar-refractivity contribution in [3.63, 3.8) is 0 Å². The Morgan fingerprint density at radius 1 is 1.26 bits per heavy atom. The minimum Gasteiger partial charge on any atom is -0.327 e. The molecule has 0 fully saturated rings. The quantitative estimate of drug-likeness (QED) is 0.751. The second-order valence-corrected chi connectivity index (χ2v) is 8.27. The Balaban J connectivity index is 2.74. The number of halogens is 1. The van der Waals surface area contributed by atoms with Gasteiger partial charge >= 0.3 is 0 Å². The van der Waals surface area contributed by atoms with E-state index < -0.39 is 10.0 Å². The number of benzene rings is 1. The molecule has 1 atom stereocenters. The molecule has 0 aliphatic rings. The summed E-state index contributed by atoms with van der Waals surface area (Å²) in [6, 6.07) is 6.88. The summed E-state index contributed by atoms with van der Waals surface area (Å²) in [4.78, 5) is 0.327. The zero-order valence-corrected chi connectivity index (χ0v) is 14.5. The van der Waals surface area contributed by atoms with Crippen LogP contribution in [0, 0.1) is 9.49 Å². The van der Waals surface area contributed by atoms with Gasteiger partial charge < -0.3 is 5.73 Å². The van der Waals surface area contributed by atoms with Crippen molar-refractivity contribution in [1.29, 1.82) is 0 Å². The molecule has 19 heavy (non-hydrogen) atoms. The summed E-state index contributed by atoms with van der Waals surface area (Å²) >= 11 is 2.15. The lowest BCUT2D eigenvalue weighted by atomic mass is 10.0. The summed E-state index contributed by atoms with van der Waals surface area (Å²) in [6.07, 6.45) is 0.664. The van der Waals surface area contributed by atoms with Gasteiger partial charge in [-0.3, -0.25) is 0 Å². The molecule has 1 unspecified atom stereocenters. The molecule has 2 N–H and O–H groups in total. The SMILES string of the molecule is CC(C)C(N)CCN(C)S(=O)(=O)c1ccc(I)cc1. The van der Waals surface area contributed by atoms with Crippen LogP contribution in [-0.2, 0) is 10.0 Å². The van der Waals surface area contributed by atoms with Crippen molar-refractivity contribution < 1.29 is 8.42 Å². The third kappa shape index (κ3) is 4.70. The van der Waals surface area contributed by atoms with Crippen LogP contribution in [0.15, 0.2) is 29.2 Å². The third-order valence-corrected chi connectivity index (χ3v) is 5.75. The maximum Gasteiger partial charge on any atom is 0.242 e. The van der Waals surface area contributed by atoms with E-state index in [0.717, 1.165) is 3.57 Å². The van der Waals surface area contributed by atoms with E-state index in [2.05, 4.69) is 22.6 Å². The van der Waals surface area contributed by atoms with Crippen molar-refractivity contribution in [1.82, 2.24) is 4.31 Å². The van der Waals surface area contributed by atoms with E-state index in [1.165, 1.54) is 4.31 Å². The maximum absolute atomic E-state index is 12.3. The number of hydrogen-bond acceptors (Lipinski definition) is 3. The molecule has 4 nitrogen and oxygen atoms in total. The lowest BCUT2D eigenvalue weighted by molar-refractivity contribution is 0.397. The fourth-order valence-corrected chi connectivity index (χ4v) is 3.12. The lowest BCUT2D eigenvalue weighted by Gasteiger charge is -2.21. The van der Waals surface area contributed by atoms with E-state index in [9.17, 15) is 8.42 Å². The van der Waals surface area contributed by atoms with Gasteiger partial charge in [0.15, 0.2) is 0 Å². The van der Waals surface area contributed by atoms with Gasteiger partial charge in [-0.25, -0.2) is 12.7 Å². The Bertz CT molecular complexity index is 500. The fraction of sp³-hybridized carbons (Fsp3) is 0.538. The molecular formula is C13H21IN2O2S. The zero-order chi connectivity index (χ0) is 14.6. The zero-order valence-electron chi connectivity index (χ0n) is 11.5. The Morgan fingerprint density at radius 2 is 1.79 bits per heavy atom. The van der Waals surface area contributed by atoms with Crippen LogP contribution in [0.3, 0.4) is 0 Å². The molecule has 0 saturated heterocycles. The average Bonchev–Trinajstić information content (AvgIpc) is 2.35. The van der Waals surface area contributed by atoms with Crippen LogP contribution in [-0.4, -0.2) is 32.4 Å². The van der Waals surface area contributed by atoms with Crippen LogP contribution in [0.25, 0.3) is 0 Å². The third-order valence-electron chi connectivity index (χ3n) is 3.16. The van der Waals surface area contributed by atoms with E-state index in [4.69, 9.17) is 5.73 Å². The summed E-state index contributed by atoms with van der Waals surface area (Å²) in [5, 5.41) is 0. The van der Waals surface area contributed by atoms with Gasteiger partial charge in [0, 0.05) is 23.2 Å². The van der Waals surface area contributed by atoms with Gasteiger partial charge in [-0.05, 0) is 59.2 Å². The molecule has 0 heterocycles. The van der Waals surface area contributed by atoms with Gasteiger partial charge in [-0.1, -0.05) is 13.8 Å². The van der Waals surface area contributed by atoms with Gasteiger partial charge in [0.2, 0.25) is 10.0 Å². The van der Waals surface area contributed by atoms with E-state index >= 15 is 0 Å². The first-order chi connectivity index (χ1) is 8.75. The number of nitrogens with zero attached hydrogens (tertiary/aromatic N) is 1. The van der Waals surface area contributed by atoms with Crippen molar-refractivity contribution >= 4 is 32.6 Å². The van der Waals surface area contributed by atoms with Gasteiger partial charge in [-0.15, -0.1) is 0 Å². The molecule has 108 valence electrons. The van der Waals surface area contributed by atoms with E-state index in [1.807, 2.05) is 13.8 Å². The summed E-state index contributed by atoms with van der Waals surface area (Å²) in [5.41, 5.74) is 5.94. The fourth-order valence-electron chi connectivity index (χ4n) is 1.57. The molecule has 0 aliphatic heterocycles. The summed E-state index contributed by atoms with van der Waals surface area (Å²) in [7, 11) is -1.81. The largest absolute Gasteiger partial charge is 0.327 e. The van der Waals surface area contributed by atoms with Crippen LogP contribution in [0.5, 0.6) is 0 Å². The highest BCUT2D eigenvalue weighted by molar-refractivity contribution is 14.1. The molecule has 0 bridgehead atoms. The first kappa shape index (κ1) is 16.9. The van der Waals surface area contributed by atoms with Gasteiger partial charge in [0.1, 0.15) is 0 Å². The predicted molar refractivity (Wildman–Crippen MR) is 86.4 cm³/mol. The molecule has 0 aliphatic carbocycles. The van der Waals surface area contributed by atoms with Gasteiger partial charge in [-0.2, -0.15) is 0 Å². The lowest BCUT2D eigenvalue weighted by Crippen LogP contribution is -2.34. The summed E-state index contributed by atoms with van der Waals surface area (Å²) in [5.74, 6) is 0.356. The Labute approximate surface area is 129 Å². The molecule has 1 aromatic rings. The van der Waals surface area contributed by atoms with Crippen LogP contribution in [0.2, 0.25) is 0 Å². The summed E-state index contributed by atoms with van der Waals surface area (Å²) < 4.78 is 27.0. The summed E-state index contributed by atoms with van der Waals surface area (Å²) in [6.45, 7) is 4.52. The highest BCUT2D eigenvalue weighted by atomic mass is 127. The highest BCUT2D eigenvalue weighted by Crippen LogP contribution is 2.17. The maximum atomic E-state index is 12.3. The van der Waals surface area contributed by atoms with Crippen LogP contribution in [0.1, 0.15) is 20.3 Å². The highest BCUT2D eigenvalue weighted by Gasteiger charge is 2.21. The first-order valence-corrected chi connectivity index (χ1v) is 8.74. The molecular weight excluding hydrogens is 375 g/mol. The number of nitrogens with two attached hydrogens (primary N) is 1. The first-order valence-electron chi connectivity index (χ1n) is 6.22. The molecule has 1 aromatic carbocycles. The minimum atomic E-state index is -3.40. The standard InChI is InChI=1S/C13H21IN2O2S/c1-10(2)13(15)8-9-16(3)19(17,18)12-6-4-11(14)5-7-12/h4-7,10,13H,8-9,15H2,1-3H3. The normalized spacial score (nSPS) is 14.1. The predicted octanol–water partition coefficient (Wildman–Crippen LogP) is 2.29. The Hall–Kier alpha value is -0.180. The molecule has 0 amide bonds. The number of hydrogen-bond donors (Lipinski definition) is 1. The monoisotopic (exact) mass is 396 g/mol. The van der Waals surface area contributed by atoms with Crippen molar-refractivity contribution in [3.05, 3.63) is 27.8 Å². The van der Waals surface area contributed by atoms with Crippen molar-refractivity contribution in [2.45, 2.75) is 31.2 Å². The minimum absolute atomic E-state index is 0.0226. The topological polar surface area (TPSA) is 63.4 Å². The van der Waals surface area contributed by atoms with E-state index in [-0.39, 0.29) is 6.04 Å². The molecule has 0 saturated carbocycles. The smallest absolute Gasteiger partial charge is 0.242 e. The van der Waals surface area contributed by atoms with Crippen LogP contribution in [0.4, 0.5) is 0 Å². The van der Waals surface area contributed by atoms with Gasteiger partial charge in [0.05, 0.1) is 4.90 Å². The number of sulfonamides is 1. The van der Waals surface area contributed by atoms with Gasteiger partial charge in [0.25, 0.3) is 0 Å². The second kappa shape index (κ2) is 7.01. The average molecular weight is 396 g/mol. The van der Waals surface area contributed by atoms with Crippen molar-refractivity contribution in [3.8, 4) is 0 Å². The van der Waals surface area contributed by atoms with E-state index in [1.54, 1.807) is 31.3 Å². The molecule has 0 aromatic heterocycles. The van der Waals surface area contributed by atoms with Crippen LogP contribution < -0.4 is 5.73 Å². The second-order valence-electron chi connectivity index (χ2n) is 4.98. The van der Waals surface area contributed by atoms with Crippen molar-refractivity contribution in [2.75, 3.05) is 13.6 Å². The Morgan fingerprint density at radius 3 is 2.26 bits per heavy atom. The Kier molecular flexibility index (Phi) is 6.22. The van der Waals surface area contributed by atoms with Crippen LogP contribution >= 0.6 is 22.6 Å². The molecule has 1 rings (SSSR count). The number of rotatable bonds is 6.